The molecule has 0 fully saturated rings. The fourth-order valence-electron chi connectivity index (χ4n) is 2.40. The van der Waals surface area contributed by atoms with Gasteiger partial charge >= 0.3 is 0 Å². The monoisotopic (exact) mass is 448 g/mol. The molecule has 0 aliphatic heterocycles. The molecule has 9 heteroatoms. The minimum atomic E-state index is 0.0321. The highest BCUT2D eigenvalue weighted by molar-refractivity contribution is 9.10. The van der Waals surface area contributed by atoms with E-state index < -0.39 is 0 Å². The van der Waals surface area contributed by atoms with Crippen LogP contribution >= 0.6 is 28.1 Å². The lowest BCUT2D eigenvalue weighted by Gasteiger charge is -2.07. The molecule has 0 bridgehead atoms. The van der Waals surface area contributed by atoms with Crippen molar-refractivity contribution >= 4 is 34.4 Å². The van der Waals surface area contributed by atoms with Gasteiger partial charge in [0.1, 0.15) is 5.75 Å². The summed E-state index contributed by atoms with van der Waals surface area (Å²) in [5.41, 5.74) is 1.56. The van der Waals surface area contributed by atoms with E-state index in [0.717, 1.165) is 16.9 Å². The van der Waals surface area contributed by atoms with Gasteiger partial charge in [0.05, 0.1) is 24.4 Å². The van der Waals surface area contributed by atoms with E-state index in [4.69, 9.17) is 21.7 Å². The Morgan fingerprint density at radius 3 is 2.74 bits per heavy atom. The highest BCUT2D eigenvalue weighted by Crippen LogP contribution is 2.34. The Morgan fingerprint density at radius 1 is 1.33 bits per heavy atom. The maximum Gasteiger partial charge on any atom is 0.216 e. The second-order valence-corrected chi connectivity index (χ2v) is 6.66. The maximum atomic E-state index is 9.91. The first-order valence-electron chi connectivity index (χ1n) is 8.05. The molecule has 0 amide bonds. The van der Waals surface area contributed by atoms with Crippen LogP contribution < -0.4 is 9.47 Å². The number of H-pyrrole nitrogens is 1. The van der Waals surface area contributed by atoms with Gasteiger partial charge in [0.2, 0.25) is 4.77 Å². The third kappa shape index (κ3) is 4.20. The summed E-state index contributed by atoms with van der Waals surface area (Å²) in [6.07, 6.45) is 1.61. The summed E-state index contributed by atoms with van der Waals surface area (Å²) in [5, 5.41) is 21.3. The molecule has 0 aliphatic carbocycles. The van der Waals surface area contributed by atoms with Gasteiger partial charge in [0, 0.05) is 5.56 Å². The number of hydrogen-bond acceptors (Lipinski definition) is 6. The summed E-state index contributed by atoms with van der Waals surface area (Å²) in [4.78, 5) is 0. The second-order valence-electron chi connectivity index (χ2n) is 5.42. The minimum Gasteiger partial charge on any atom is -0.503 e. The number of halogens is 1. The van der Waals surface area contributed by atoms with E-state index >= 15 is 0 Å². The molecule has 0 aliphatic rings. The summed E-state index contributed by atoms with van der Waals surface area (Å²) in [5.74, 6) is 1.73. The lowest BCUT2D eigenvalue weighted by atomic mass is 10.2. The fraction of sp³-hybridized carbons (Fsp3) is 0.167. The van der Waals surface area contributed by atoms with Crippen molar-refractivity contribution in [3.63, 3.8) is 0 Å². The van der Waals surface area contributed by atoms with Gasteiger partial charge in [0.15, 0.2) is 17.3 Å². The molecule has 27 heavy (non-hydrogen) atoms. The number of aromatic nitrogens is 3. The third-order valence-corrected chi connectivity index (χ3v) is 4.54. The van der Waals surface area contributed by atoms with Gasteiger partial charge in [-0.3, -0.25) is 0 Å². The van der Waals surface area contributed by atoms with E-state index in [1.54, 1.807) is 18.3 Å². The van der Waals surface area contributed by atoms with E-state index in [2.05, 4.69) is 31.2 Å². The summed E-state index contributed by atoms with van der Waals surface area (Å²) < 4.78 is 13.0. The van der Waals surface area contributed by atoms with Crippen LogP contribution in [0, 0.1) is 4.77 Å². The van der Waals surface area contributed by atoms with Crippen molar-refractivity contribution in [2.45, 2.75) is 6.92 Å². The van der Waals surface area contributed by atoms with Crippen molar-refractivity contribution in [1.82, 2.24) is 14.9 Å². The number of aromatic hydroxyl groups is 1. The maximum absolute atomic E-state index is 9.91. The Kier molecular flexibility index (Phi) is 5.92. The van der Waals surface area contributed by atoms with Gasteiger partial charge in [-0.1, -0.05) is 0 Å². The van der Waals surface area contributed by atoms with Crippen LogP contribution in [0.4, 0.5) is 0 Å². The fourth-order valence-corrected chi connectivity index (χ4v) is 3.04. The quantitative estimate of drug-likeness (QED) is 0.432. The molecule has 3 aromatic rings. The highest BCUT2D eigenvalue weighted by Gasteiger charge is 2.10. The van der Waals surface area contributed by atoms with Gasteiger partial charge in [-0.15, -0.1) is 0 Å². The number of hydrogen-bond donors (Lipinski definition) is 2. The molecule has 0 saturated heterocycles. The molecule has 0 unspecified atom stereocenters. The predicted molar refractivity (Wildman–Crippen MR) is 109 cm³/mol. The van der Waals surface area contributed by atoms with E-state index in [1.807, 2.05) is 31.2 Å². The number of methoxy groups -OCH3 is 1. The summed E-state index contributed by atoms with van der Waals surface area (Å²) >= 11 is 8.58. The molecule has 0 atom stereocenters. The van der Waals surface area contributed by atoms with E-state index in [1.165, 1.54) is 11.8 Å². The van der Waals surface area contributed by atoms with Crippen LogP contribution in [0.5, 0.6) is 17.2 Å². The number of phenols is 1. The topological polar surface area (TPSA) is 84.7 Å². The average molecular weight is 449 g/mol. The molecule has 2 N–H and O–H groups in total. The van der Waals surface area contributed by atoms with Crippen molar-refractivity contribution in [2.24, 2.45) is 5.10 Å². The number of nitrogens with zero attached hydrogens (tertiary/aromatic N) is 3. The Labute approximate surface area is 169 Å². The van der Waals surface area contributed by atoms with Crippen LogP contribution in [0.1, 0.15) is 12.5 Å². The minimum absolute atomic E-state index is 0.0321. The van der Waals surface area contributed by atoms with Crippen molar-refractivity contribution in [3.8, 4) is 28.6 Å². The van der Waals surface area contributed by atoms with Crippen LogP contribution in [0.3, 0.4) is 0 Å². The standard InChI is InChI=1S/C18H17BrN4O3S/c1-3-26-13-6-4-12(5-7-13)17-21-22-18(27)23(17)20-10-11-8-14(19)16(24)15(9-11)25-2/h4-10,24H,3H2,1-2H3,(H,22,27)/b20-10+. The lowest BCUT2D eigenvalue weighted by Crippen LogP contribution is -1.96. The summed E-state index contributed by atoms with van der Waals surface area (Å²) in [7, 11) is 1.48. The molecule has 1 aromatic heterocycles. The molecular weight excluding hydrogens is 432 g/mol. The Bertz CT molecular complexity index is 1030. The first-order valence-corrected chi connectivity index (χ1v) is 9.25. The van der Waals surface area contributed by atoms with Crippen LogP contribution in [-0.2, 0) is 0 Å². The van der Waals surface area contributed by atoms with Crippen LogP contribution in [0.2, 0.25) is 0 Å². The Morgan fingerprint density at radius 2 is 2.07 bits per heavy atom. The normalized spacial score (nSPS) is 11.1. The molecule has 7 nitrogen and oxygen atoms in total. The zero-order valence-electron chi connectivity index (χ0n) is 14.6. The number of ether oxygens (including phenoxy) is 2. The van der Waals surface area contributed by atoms with Crippen molar-refractivity contribution in [1.29, 1.82) is 0 Å². The first-order chi connectivity index (χ1) is 13.0. The van der Waals surface area contributed by atoms with Crippen LogP contribution in [0.25, 0.3) is 11.4 Å². The van der Waals surface area contributed by atoms with Gasteiger partial charge in [-0.05, 0) is 77.0 Å². The van der Waals surface area contributed by atoms with Crippen LogP contribution in [-0.4, -0.2) is 39.9 Å². The Balaban J connectivity index is 1.95. The molecule has 140 valence electrons. The second kappa shape index (κ2) is 8.36. The molecule has 3 rings (SSSR count). The zero-order chi connectivity index (χ0) is 19.4. The van der Waals surface area contributed by atoms with Gasteiger partial charge in [-0.2, -0.15) is 14.9 Å². The van der Waals surface area contributed by atoms with E-state index in [9.17, 15) is 5.11 Å². The number of benzene rings is 2. The van der Waals surface area contributed by atoms with Crippen LogP contribution in [0.15, 0.2) is 46.0 Å². The Hall–Kier alpha value is -2.65. The molecule has 0 saturated carbocycles. The van der Waals surface area contributed by atoms with Crippen molar-refractivity contribution < 1.29 is 14.6 Å². The summed E-state index contributed by atoms with van der Waals surface area (Å²) in [6, 6.07) is 10.9. The average Bonchev–Trinajstić information content (AvgIpc) is 3.04. The van der Waals surface area contributed by atoms with Gasteiger partial charge < -0.3 is 14.6 Å². The van der Waals surface area contributed by atoms with Crippen molar-refractivity contribution in [2.75, 3.05) is 13.7 Å². The number of phenolic OH excluding ortho intramolecular Hbond substituents is 1. The molecule has 1 heterocycles. The predicted octanol–water partition coefficient (Wildman–Crippen LogP) is 4.37. The molecule has 2 aromatic carbocycles. The van der Waals surface area contributed by atoms with E-state index in [0.29, 0.717) is 27.4 Å². The molecule has 0 radical (unpaired) electrons. The van der Waals surface area contributed by atoms with Gasteiger partial charge in [0.25, 0.3) is 0 Å². The number of aromatic amines is 1. The number of rotatable bonds is 6. The molecule has 0 spiro atoms. The SMILES string of the molecule is CCOc1ccc(-c2n[nH]c(=S)n2/N=C/c2cc(Br)c(O)c(OC)c2)cc1. The largest absolute Gasteiger partial charge is 0.503 e. The highest BCUT2D eigenvalue weighted by atomic mass is 79.9. The van der Waals surface area contributed by atoms with Gasteiger partial charge in [-0.25, -0.2) is 5.10 Å². The van der Waals surface area contributed by atoms with E-state index in [-0.39, 0.29) is 5.75 Å². The zero-order valence-corrected chi connectivity index (χ0v) is 17.0. The third-order valence-electron chi connectivity index (χ3n) is 3.67. The number of nitrogens with one attached hydrogen (secondary N) is 1. The lowest BCUT2D eigenvalue weighted by molar-refractivity contribution is 0.340. The van der Waals surface area contributed by atoms with Crippen molar-refractivity contribution in [3.05, 3.63) is 51.2 Å². The molecular formula is C18H17BrN4O3S. The smallest absolute Gasteiger partial charge is 0.216 e. The first kappa shape index (κ1) is 19.1. The summed E-state index contributed by atoms with van der Waals surface area (Å²) in [6.45, 7) is 2.54.